The average Bonchev–Trinajstić information content (AvgIpc) is 3.32. The summed E-state index contributed by atoms with van der Waals surface area (Å²) in [6, 6.07) is 16.3. The van der Waals surface area contributed by atoms with Crippen molar-refractivity contribution in [1.82, 2.24) is 0 Å². The third-order valence-corrected chi connectivity index (χ3v) is 4.78. The van der Waals surface area contributed by atoms with Crippen LogP contribution in [-0.2, 0) is 4.74 Å². The number of hydrogen-bond acceptors (Lipinski definition) is 3. The molecular weight excluding hydrogens is 264 g/mol. The van der Waals surface area contributed by atoms with Gasteiger partial charge < -0.3 is 14.9 Å². The van der Waals surface area contributed by atoms with Gasteiger partial charge >= 0.3 is 0 Å². The van der Waals surface area contributed by atoms with E-state index in [1.165, 1.54) is 5.39 Å². The van der Waals surface area contributed by atoms with E-state index in [4.69, 9.17) is 4.74 Å². The standard InChI is InChI=1S/C18H14O3/c19-15-13-11-7-3-1-5-9(11)10-6-2-4-8-12(10)14(13)17-18(21-17)16(15)20/h1-8,15-20H. The minimum Gasteiger partial charge on any atom is -0.387 e. The monoisotopic (exact) mass is 278 g/mol. The minimum absolute atomic E-state index is 0.0899. The normalized spacial score (nSPS) is 30.2. The zero-order valence-corrected chi connectivity index (χ0v) is 11.2. The van der Waals surface area contributed by atoms with Gasteiger partial charge in [-0.15, -0.1) is 0 Å². The summed E-state index contributed by atoms with van der Waals surface area (Å²) in [5, 5.41) is 25.1. The summed E-state index contributed by atoms with van der Waals surface area (Å²) in [4.78, 5) is 0. The van der Waals surface area contributed by atoms with E-state index in [1.54, 1.807) is 0 Å². The first-order valence-corrected chi connectivity index (χ1v) is 7.22. The third kappa shape index (κ3) is 1.38. The molecule has 2 aliphatic rings. The molecule has 0 bridgehead atoms. The van der Waals surface area contributed by atoms with E-state index in [9.17, 15) is 10.2 Å². The van der Waals surface area contributed by atoms with Crippen LogP contribution in [0.4, 0.5) is 0 Å². The van der Waals surface area contributed by atoms with Crippen LogP contribution in [0.15, 0.2) is 48.5 Å². The zero-order chi connectivity index (χ0) is 14.1. The summed E-state index contributed by atoms with van der Waals surface area (Å²) >= 11 is 0. The predicted molar refractivity (Wildman–Crippen MR) is 80.0 cm³/mol. The third-order valence-electron chi connectivity index (χ3n) is 4.78. The van der Waals surface area contributed by atoms with Crippen LogP contribution in [0.25, 0.3) is 21.5 Å². The molecule has 0 saturated carbocycles. The number of hydrogen-bond donors (Lipinski definition) is 2. The van der Waals surface area contributed by atoms with Gasteiger partial charge in [-0.3, -0.25) is 0 Å². The summed E-state index contributed by atoms with van der Waals surface area (Å²) in [7, 11) is 0. The van der Waals surface area contributed by atoms with Crippen LogP contribution >= 0.6 is 0 Å². The van der Waals surface area contributed by atoms with Crippen molar-refractivity contribution in [1.29, 1.82) is 0 Å². The van der Waals surface area contributed by atoms with Crippen LogP contribution in [0.5, 0.6) is 0 Å². The van der Waals surface area contributed by atoms with E-state index >= 15 is 0 Å². The Kier molecular flexibility index (Phi) is 2.13. The maximum Gasteiger partial charge on any atom is 0.118 e. The fraction of sp³-hybridized carbons (Fsp3) is 0.222. The summed E-state index contributed by atoms with van der Waals surface area (Å²) in [6.45, 7) is 0. The molecule has 2 N–H and O–H groups in total. The Bertz CT molecular complexity index is 886. The number of aliphatic hydroxyl groups is 2. The first-order valence-electron chi connectivity index (χ1n) is 7.22. The average molecular weight is 278 g/mol. The zero-order valence-electron chi connectivity index (χ0n) is 11.2. The van der Waals surface area contributed by atoms with E-state index in [1.807, 2.05) is 30.3 Å². The molecule has 0 spiro atoms. The fourth-order valence-electron chi connectivity index (χ4n) is 3.79. The van der Waals surface area contributed by atoms with Gasteiger partial charge in [0.2, 0.25) is 0 Å². The predicted octanol–water partition coefficient (Wildman–Crippen LogP) is 2.84. The highest BCUT2D eigenvalue weighted by Gasteiger charge is 2.54. The van der Waals surface area contributed by atoms with Crippen molar-refractivity contribution in [3.8, 4) is 0 Å². The van der Waals surface area contributed by atoms with Crippen LogP contribution in [0.2, 0.25) is 0 Å². The topological polar surface area (TPSA) is 53.0 Å². The van der Waals surface area contributed by atoms with Gasteiger partial charge in [0.25, 0.3) is 0 Å². The largest absolute Gasteiger partial charge is 0.387 e. The van der Waals surface area contributed by atoms with Gasteiger partial charge in [0, 0.05) is 0 Å². The van der Waals surface area contributed by atoms with Gasteiger partial charge in [-0.25, -0.2) is 0 Å². The summed E-state index contributed by atoms with van der Waals surface area (Å²) in [5.74, 6) is 0. The van der Waals surface area contributed by atoms with Crippen molar-refractivity contribution in [3.05, 3.63) is 59.7 Å². The summed E-state index contributed by atoms with van der Waals surface area (Å²) < 4.78 is 5.63. The Balaban J connectivity index is 2.03. The molecule has 3 aromatic carbocycles. The van der Waals surface area contributed by atoms with Gasteiger partial charge in [0.05, 0.1) is 0 Å². The molecule has 0 amide bonds. The van der Waals surface area contributed by atoms with Gasteiger partial charge in [0.15, 0.2) is 0 Å². The van der Waals surface area contributed by atoms with Crippen LogP contribution in [0.1, 0.15) is 23.3 Å². The van der Waals surface area contributed by atoms with E-state index in [0.717, 1.165) is 27.3 Å². The van der Waals surface area contributed by atoms with Gasteiger partial charge in [-0.1, -0.05) is 48.5 Å². The molecule has 1 heterocycles. The van der Waals surface area contributed by atoms with Crippen molar-refractivity contribution < 1.29 is 14.9 Å². The molecule has 1 aliphatic heterocycles. The van der Waals surface area contributed by atoms with Gasteiger partial charge in [-0.2, -0.15) is 0 Å². The lowest BCUT2D eigenvalue weighted by Gasteiger charge is -2.26. The molecular formula is C18H14O3. The van der Waals surface area contributed by atoms with Crippen LogP contribution in [0.3, 0.4) is 0 Å². The Hall–Kier alpha value is -1.94. The summed E-state index contributed by atoms with van der Waals surface area (Å²) in [5.41, 5.74) is 1.88. The molecule has 104 valence electrons. The molecule has 3 heteroatoms. The van der Waals surface area contributed by atoms with Crippen molar-refractivity contribution >= 4 is 21.5 Å². The number of aliphatic hydroxyl groups excluding tert-OH is 2. The van der Waals surface area contributed by atoms with Gasteiger partial charge in [-0.05, 0) is 32.7 Å². The van der Waals surface area contributed by atoms with E-state index in [0.29, 0.717) is 0 Å². The molecule has 4 unspecified atom stereocenters. The molecule has 1 fully saturated rings. The highest BCUT2D eigenvalue weighted by molar-refractivity contribution is 6.11. The highest BCUT2D eigenvalue weighted by atomic mass is 16.6. The smallest absolute Gasteiger partial charge is 0.118 e. The number of epoxide rings is 1. The van der Waals surface area contributed by atoms with Crippen LogP contribution in [-0.4, -0.2) is 22.4 Å². The Labute approximate surface area is 121 Å². The molecule has 3 nitrogen and oxygen atoms in total. The number of benzene rings is 3. The van der Waals surface area contributed by atoms with Crippen LogP contribution in [0, 0.1) is 0 Å². The minimum atomic E-state index is -0.891. The van der Waals surface area contributed by atoms with Crippen molar-refractivity contribution in [3.63, 3.8) is 0 Å². The fourth-order valence-corrected chi connectivity index (χ4v) is 3.79. The number of fused-ring (bicyclic) bond motifs is 8. The lowest BCUT2D eigenvalue weighted by atomic mass is 9.81. The Morgan fingerprint density at radius 3 is 1.86 bits per heavy atom. The quantitative estimate of drug-likeness (QED) is 0.491. The molecule has 21 heavy (non-hydrogen) atoms. The molecule has 5 rings (SSSR count). The maximum absolute atomic E-state index is 10.6. The van der Waals surface area contributed by atoms with Crippen LogP contribution < -0.4 is 0 Å². The number of rotatable bonds is 0. The first-order chi connectivity index (χ1) is 10.3. The molecule has 1 saturated heterocycles. The van der Waals surface area contributed by atoms with Crippen molar-refractivity contribution in [2.24, 2.45) is 0 Å². The summed E-state index contributed by atoms with van der Waals surface area (Å²) in [6.07, 6.45) is -2.09. The van der Waals surface area contributed by atoms with Crippen molar-refractivity contribution in [2.45, 2.75) is 24.4 Å². The van der Waals surface area contributed by atoms with E-state index in [-0.39, 0.29) is 12.2 Å². The molecule has 3 aromatic rings. The van der Waals surface area contributed by atoms with E-state index in [2.05, 4.69) is 18.2 Å². The Morgan fingerprint density at radius 2 is 1.24 bits per heavy atom. The second kappa shape index (κ2) is 3.83. The van der Waals surface area contributed by atoms with Crippen molar-refractivity contribution in [2.75, 3.05) is 0 Å². The van der Waals surface area contributed by atoms with Gasteiger partial charge in [0.1, 0.15) is 24.4 Å². The second-order valence-electron chi connectivity index (χ2n) is 5.88. The highest BCUT2D eigenvalue weighted by Crippen LogP contribution is 2.54. The SMILES string of the molecule is OC1c2c(c3ccccc3c3ccccc23)C2OC2C1O. The first kappa shape index (κ1) is 11.7. The molecule has 4 atom stereocenters. The molecule has 0 aromatic heterocycles. The molecule has 1 aliphatic carbocycles. The number of ether oxygens (including phenoxy) is 1. The molecule has 0 radical (unpaired) electrons. The second-order valence-corrected chi connectivity index (χ2v) is 5.88. The van der Waals surface area contributed by atoms with E-state index < -0.39 is 12.2 Å². The Morgan fingerprint density at radius 1 is 0.714 bits per heavy atom. The lowest BCUT2D eigenvalue weighted by molar-refractivity contribution is 0.000927. The lowest BCUT2D eigenvalue weighted by Crippen LogP contribution is -2.29. The maximum atomic E-state index is 10.6.